The summed E-state index contributed by atoms with van der Waals surface area (Å²) in [5.74, 6) is -0.212. The van der Waals surface area contributed by atoms with Crippen LogP contribution in [0.15, 0.2) is 77.8 Å². The number of anilines is 1. The van der Waals surface area contributed by atoms with Gasteiger partial charge in [0, 0.05) is 25.6 Å². The van der Waals surface area contributed by atoms with Crippen molar-refractivity contribution in [2.45, 2.75) is 19.1 Å². The minimum atomic E-state index is -5.08. The number of nitrogens with zero attached hydrogens (tertiary/aromatic N) is 2. The summed E-state index contributed by atoms with van der Waals surface area (Å²) in [6.07, 6.45) is -4.32. The zero-order chi connectivity index (χ0) is 28.3. The smallest absolute Gasteiger partial charge is 0.490 e. The average molecular weight is 562 g/mol. The third-order valence-corrected chi connectivity index (χ3v) is 5.79. The lowest BCUT2D eigenvalue weighted by Crippen LogP contribution is -2.23. The van der Waals surface area contributed by atoms with Crippen molar-refractivity contribution in [2.24, 2.45) is 16.5 Å². The molecule has 0 aliphatic rings. The highest BCUT2D eigenvalue weighted by Crippen LogP contribution is 2.31. The van der Waals surface area contributed by atoms with Crippen LogP contribution in [0.25, 0.3) is 10.2 Å². The van der Waals surface area contributed by atoms with E-state index < -0.39 is 12.1 Å². The number of aromatic nitrogens is 1. The van der Waals surface area contributed by atoms with Gasteiger partial charge < -0.3 is 31.4 Å². The van der Waals surface area contributed by atoms with Gasteiger partial charge in [-0.1, -0.05) is 41.7 Å². The quantitative estimate of drug-likeness (QED) is 0.115. The third-order valence-electron chi connectivity index (χ3n) is 4.81. The largest absolute Gasteiger partial charge is 0.494 e. The van der Waals surface area contributed by atoms with Crippen molar-refractivity contribution in [1.82, 2.24) is 4.98 Å². The van der Waals surface area contributed by atoms with Gasteiger partial charge in [-0.15, -0.1) is 0 Å². The topological polar surface area (TPSA) is 145 Å². The second-order valence-corrected chi connectivity index (χ2v) is 8.90. The van der Waals surface area contributed by atoms with Crippen molar-refractivity contribution in [1.29, 1.82) is 0 Å². The summed E-state index contributed by atoms with van der Waals surface area (Å²) in [7, 11) is 0. The molecule has 0 aliphatic heterocycles. The average Bonchev–Trinajstić information content (AvgIpc) is 3.30. The Hall–Kier alpha value is -4.52. The van der Waals surface area contributed by atoms with Gasteiger partial charge in [0.05, 0.1) is 16.8 Å². The molecule has 39 heavy (non-hydrogen) atoms. The first-order chi connectivity index (χ1) is 18.6. The lowest BCUT2D eigenvalue weighted by molar-refractivity contribution is -0.192. The van der Waals surface area contributed by atoms with Crippen molar-refractivity contribution in [3.8, 4) is 17.2 Å². The number of fused-ring (bicyclic) bond motifs is 1. The minimum Gasteiger partial charge on any atom is -0.494 e. The Morgan fingerprint density at radius 3 is 2.31 bits per heavy atom. The second-order valence-electron chi connectivity index (χ2n) is 7.87. The number of carboxylic acid groups (broad SMARTS) is 1. The molecule has 9 nitrogen and oxygen atoms in total. The number of nitrogens with two attached hydrogens (primary N) is 2. The van der Waals surface area contributed by atoms with E-state index in [1.165, 1.54) is 0 Å². The molecular weight excluding hydrogens is 535 g/mol. The first kappa shape index (κ1) is 29.0. The van der Waals surface area contributed by atoms with Crippen LogP contribution < -0.4 is 26.3 Å². The number of halogens is 3. The Morgan fingerprint density at radius 1 is 1.00 bits per heavy atom. The molecule has 0 unspecified atom stereocenters. The van der Waals surface area contributed by atoms with E-state index >= 15 is 0 Å². The molecule has 0 saturated carbocycles. The van der Waals surface area contributed by atoms with Crippen LogP contribution in [0.3, 0.4) is 0 Å². The molecule has 0 fully saturated rings. The molecule has 0 aliphatic carbocycles. The summed E-state index contributed by atoms with van der Waals surface area (Å²) >= 11 is 1.61. The van der Waals surface area contributed by atoms with Gasteiger partial charge in [0.1, 0.15) is 17.2 Å². The van der Waals surface area contributed by atoms with Crippen LogP contribution in [0.5, 0.6) is 17.2 Å². The summed E-state index contributed by atoms with van der Waals surface area (Å²) in [4.78, 5) is 17.5. The zero-order valence-electron chi connectivity index (χ0n) is 20.5. The maximum Gasteiger partial charge on any atom is 0.490 e. The number of benzene rings is 3. The molecule has 0 radical (unpaired) electrons. The van der Waals surface area contributed by atoms with Crippen LogP contribution in [-0.4, -0.2) is 41.3 Å². The van der Waals surface area contributed by atoms with E-state index in [4.69, 9.17) is 30.8 Å². The third kappa shape index (κ3) is 10.0. The molecule has 1 aromatic heterocycles. The molecule has 3 aromatic carbocycles. The van der Waals surface area contributed by atoms with Crippen molar-refractivity contribution >= 4 is 38.6 Å². The van der Waals surface area contributed by atoms with Crippen molar-refractivity contribution in [2.75, 3.05) is 18.5 Å². The van der Waals surface area contributed by atoms with Crippen LogP contribution in [0.1, 0.15) is 12.0 Å². The molecular formula is C26H26F3N5O4S. The van der Waals surface area contributed by atoms with Gasteiger partial charge in [-0.25, -0.2) is 9.78 Å². The van der Waals surface area contributed by atoms with Gasteiger partial charge in [-0.3, -0.25) is 4.99 Å². The number of rotatable bonds is 10. The van der Waals surface area contributed by atoms with Crippen molar-refractivity contribution in [3.05, 3.63) is 78.4 Å². The van der Waals surface area contributed by atoms with Crippen LogP contribution in [-0.2, 0) is 11.3 Å². The van der Waals surface area contributed by atoms with Crippen molar-refractivity contribution in [3.63, 3.8) is 0 Å². The second kappa shape index (κ2) is 13.9. The van der Waals surface area contributed by atoms with E-state index in [1.54, 1.807) is 11.3 Å². The SMILES string of the molecule is NC(N)=NCCCOc1ccc(CNc2nc3ccc(Oc4ccccc4)cc3s2)cc1.O=C(O)C(F)(F)F. The van der Waals surface area contributed by atoms with Gasteiger partial charge in [0.25, 0.3) is 0 Å². The van der Waals surface area contributed by atoms with Gasteiger partial charge in [0.2, 0.25) is 0 Å². The standard InChI is InChI=1S/C24H25N5O2S.C2HF3O2/c25-23(26)27-13-4-14-30-18-9-7-17(8-10-18)16-28-24-29-21-12-11-20(15-22(21)32-24)31-19-5-2-1-3-6-19;3-2(4,5)1(6)7/h1-3,5-12,15H,4,13-14,16H2,(H,28,29)(H4,25,26,27);(H,6,7). The lowest BCUT2D eigenvalue weighted by Gasteiger charge is -2.07. The Morgan fingerprint density at radius 2 is 1.67 bits per heavy atom. The molecule has 0 bridgehead atoms. The van der Waals surface area contributed by atoms with E-state index in [0.717, 1.165) is 44.6 Å². The van der Waals surface area contributed by atoms with Crippen LogP contribution in [0, 0.1) is 0 Å². The fraction of sp³-hybridized carbons (Fsp3) is 0.192. The van der Waals surface area contributed by atoms with E-state index in [1.807, 2.05) is 72.8 Å². The van der Waals surface area contributed by atoms with Gasteiger partial charge >= 0.3 is 12.1 Å². The maximum atomic E-state index is 10.6. The molecule has 206 valence electrons. The summed E-state index contributed by atoms with van der Waals surface area (Å²) < 4.78 is 44.4. The number of thiazole rings is 1. The van der Waals surface area contributed by atoms with E-state index in [-0.39, 0.29) is 5.96 Å². The van der Waals surface area contributed by atoms with Crippen LogP contribution >= 0.6 is 11.3 Å². The summed E-state index contributed by atoms with van der Waals surface area (Å²) in [5.41, 5.74) is 12.7. The highest BCUT2D eigenvalue weighted by Gasteiger charge is 2.38. The zero-order valence-corrected chi connectivity index (χ0v) is 21.3. The summed E-state index contributed by atoms with van der Waals surface area (Å²) in [5, 5.41) is 11.4. The monoisotopic (exact) mass is 561 g/mol. The van der Waals surface area contributed by atoms with Crippen LogP contribution in [0.4, 0.5) is 18.3 Å². The number of ether oxygens (including phenoxy) is 2. The van der Waals surface area contributed by atoms with E-state index in [2.05, 4.69) is 15.3 Å². The molecule has 4 aromatic rings. The normalized spacial score (nSPS) is 10.7. The van der Waals surface area contributed by atoms with Crippen molar-refractivity contribution < 1.29 is 32.5 Å². The minimum absolute atomic E-state index is 0.107. The molecule has 0 spiro atoms. The van der Waals surface area contributed by atoms with Gasteiger partial charge in [0.15, 0.2) is 11.1 Å². The number of alkyl halides is 3. The van der Waals surface area contributed by atoms with E-state index in [9.17, 15) is 13.2 Å². The first-order valence-electron chi connectivity index (χ1n) is 11.5. The number of hydrogen-bond donors (Lipinski definition) is 4. The fourth-order valence-corrected chi connectivity index (χ4v) is 3.90. The van der Waals surface area contributed by atoms with Gasteiger partial charge in [-0.05, 0) is 42.0 Å². The predicted molar refractivity (Wildman–Crippen MR) is 144 cm³/mol. The maximum absolute atomic E-state index is 10.6. The summed E-state index contributed by atoms with van der Waals surface area (Å²) in [6.45, 7) is 1.81. The summed E-state index contributed by atoms with van der Waals surface area (Å²) in [6, 6.07) is 23.7. The molecule has 4 rings (SSSR count). The highest BCUT2D eigenvalue weighted by atomic mass is 32.1. The molecule has 0 saturated heterocycles. The molecule has 0 atom stereocenters. The Balaban J connectivity index is 0.000000532. The number of hydrogen-bond acceptors (Lipinski definition) is 7. The molecule has 6 N–H and O–H groups in total. The molecule has 13 heteroatoms. The number of aliphatic carboxylic acids is 1. The van der Waals surface area contributed by atoms with Crippen LogP contribution in [0.2, 0.25) is 0 Å². The lowest BCUT2D eigenvalue weighted by atomic mass is 10.2. The number of para-hydroxylation sites is 1. The number of carboxylic acids is 1. The first-order valence-corrected chi connectivity index (χ1v) is 12.4. The number of nitrogens with one attached hydrogen (secondary N) is 1. The number of carbonyl (C=O) groups is 1. The Labute approximate surface area is 225 Å². The Kier molecular flexibility index (Phi) is 10.3. The number of guanidine groups is 1. The molecule has 0 amide bonds. The Bertz CT molecular complexity index is 1380. The molecule has 1 heterocycles. The van der Waals surface area contributed by atoms with E-state index in [0.29, 0.717) is 19.7 Å². The van der Waals surface area contributed by atoms with Gasteiger partial charge in [-0.2, -0.15) is 13.2 Å². The highest BCUT2D eigenvalue weighted by molar-refractivity contribution is 7.22. The number of aliphatic imine (C=N–C) groups is 1. The predicted octanol–water partition coefficient (Wildman–Crippen LogP) is 5.38. The fourth-order valence-electron chi connectivity index (χ4n) is 3.01.